The van der Waals surface area contributed by atoms with Gasteiger partial charge >= 0.3 is 0 Å². The summed E-state index contributed by atoms with van der Waals surface area (Å²) < 4.78 is 1.82. The zero-order valence-corrected chi connectivity index (χ0v) is 19.3. The van der Waals surface area contributed by atoms with Crippen LogP contribution in [0.15, 0.2) is 47.8 Å². The molecule has 0 saturated carbocycles. The maximum Gasteiger partial charge on any atom is 0.244 e. The van der Waals surface area contributed by atoms with Crippen molar-refractivity contribution >= 4 is 40.6 Å². The Hall–Kier alpha value is -2.87. The number of rotatable bonds is 10. The van der Waals surface area contributed by atoms with Gasteiger partial charge in [0, 0.05) is 24.4 Å². The summed E-state index contributed by atoms with van der Waals surface area (Å²) in [4.78, 5) is 21.5. The van der Waals surface area contributed by atoms with Gasteiger partial charge in [0.25, 0.3) is 0 Å². The molecule has 2 aromatic heterocycles. The first kappa shape index (κ1) is 22.8. The van der Waals surface area contributed by atoms with Crippen molar-refractivity contribution in [3.8, 4) is 0 Å². The van der Waals surface area contributed by atoms with Gasteiger partial charge < -0.3 is 10.6 Å². The van der Waals surface area contributed by atoms with Gasteiger partial charge in [-0.1, -0.05) is 69.8 Å². The third-order valence-corrected chi connectivity index (χ3v) is 5.21. The summed E-state index contributed by atoms with van der Waals surface area (Å²) in [5.41, 5.74) is 1.77. The second-order valence-electron chi connectivity index (χ2n) is 7.94. The number of thioether (sulfide) groups is 1. The molecule has 2 heterocycles. The molecule has 0 atom stereocenters. The second-order valence-corrected chi connectivity index (χ2v) is 9.48. The summed E-state index contributed by atoms with van der Waals surface area (Å²) in [5.74, 6) is 1.17. The van der Waals surface area contributed by atoms with E-state index in [-0.39, 0.29) is 5.91 Å². The van der Waals surface area contributed by atoms with E-state index in [1.165, 1.54) is 0 Å². The van der Waals surface area contributed by atoms with Crippen LogP contribution in [0.2, 0.25) is 0 Å². The Morgan fingerprint density at radius 2 is 1.94 bits per heavy atom. The average molecular weight is 439 g/mol. The molecule has 2 N–H and O–H groups in total. The average Bonchev–Trinajstić information content (AvgIpc) is 3.14. The third kappa shape index (κ3) is 6.82. The molecule has 1 amide bonds. The molecule has 0 fully saturated rings. The van der Waals surface area contributed by atoms with E-state index >= 15 is 0 Å². The maximum absolute atomic E-state index is 12.1. The number of fused-ring (bicyclic) bond motifs is 1. The molecule has 0 bridgehead atoms. The van der Waals surface area contributed by atoms with E-state index in [4.69, 9.17) is 9.97 Å². The monoisotopic (exact) mass is 438 g/mol. The van der Waals surface area contributed by atoms with E-state index < -0.39 is 0 Å². The van der Waals surface area contributed by atoms with Crippen molar-refractivity contribution in [3.05, 3.63) is 48.2 Å². The van der Waals surface area contributed by atoms with E-state index in [2.05, 4.69) is 43.4 Å². The largest absolute Gasteiger partial charge is 0.369 e. The normalized spacial score (nSPS) is 11.7. The van der Waals surface area contributed by atoms with Gasteiger partial charge in [-0.05, 0) is 17.6 Å². The van der Waals surface area contributed by atoms with Gasteiger partial charge in [0.05, 0.1) is 18.1 Å². The van der Waals surface area contributed by atoms with E-state index in [1.54, 1.807) is 30.1 Å². The fraction of sp³-hybridized carbons (Fsp3) is 0.391. The van der Waals surface area contributed by atoms with Gasteiger partial charge in [-0.15, -0.1) is 0 Å². The number of carbonyl (C=O) groups is 1. The Morgan fingerprint density at radius 1 is 1.16 bits per heavy atom. The van der Waals surface area contributed by atoms with Crippen LogP contribution in [-0.4, -0.2) is 44.0 Å². The SMILES string of the molecule is CC(C)CNc1nc(SC(C)C)nc2c1cnn2CCNC(=O)/C=C\c1ccccc1. The number of nitrogens with zero attached hydrogens (tertiary/aromatic N) is 4. The number of nitrogens with one attached hydrogen (secondary N) is 2. The Labute approximate surface area is 187 Å². The van der Waals surface area contributed by atoms with Crippen molar-refractivity contribution in [2.45, 2.75) is 44.6 Å². The molecule has 7 nitrogen and oxygen atoms in total. The van der Waals surface area contributed by atoms with Gasteiger partial charge in [-0.2, -0.15) is 5.10 Å². The maximum atomic E-state index is 12.1. The zero-order valence-electron chi connectivity index (χ0n) is 18.5. The summed E-state index contributed by atoms with van der Waals surface area (Å²) >= 11 is 1.62. The molecule has 0 aliphatic heterocycles. The molecule has 0 spiro atoms. The molecule has 164 valence electrons. The van der Waals surface area contributed by atoms with Gasteiger partial charge in [0.2, 0.25) is 5.91 Å². The smallest absolute Gasteiger partial charge is 0.244 e. The van der Waals surface area contributed by atoms with Crippen LogP contribution in [0.25, 0.3) is 17.1 Å². The number of amides is 1. The van der Waals surface area contributed by atoms with Crippen LogP contribution in [0.1, 0.15) is 33.3 Å². The number of aromatic nitrogens is 4. The minimum atomic E-state index is -0.134. The fourth-order valence-corrected chi connectivity index (χ4v) is 3.58. The van der Waals surface area contributed by atoms with Crippen LogP contribution in [0.3, 0.4) is 0 Å². The van der Waals surface area contributed by atoms with Crippen molar-refractivity contribution in [2.24, 2.45) is 5.92 Å². The Kier molecular flexibility index (Phi) is 8.06. The quantitative estimate of drug-likeness (QED) is 0.280. The Balaban J connectivity index is 1.69. The van der Waals surface area contributed by atoms with Gasteiger partial charge in [0.15, 0.2) is 10.8 Å². The minimum Gasteiger partial charge on any atom is -0.369 e. The molecule has 3 aromatic rings. The molecule has 0 aliphatic rings. The molecular weight excluding hydrogens is 408 g/mol. The van der Waals surface area contributed by atoms with Crippen LogP contribution in [-0.2, 0) is 11.3 Å². The van der Waals surface area contributed by atoms with Gasteiger partial charge in [-0.3, -0.25) is 4.79 Å². The lowest BCUT2D eigenvalue weighted by Crippen LogP contribution is -2.25. The molecule has 0 saturated heterocycles. The first-order chi connectivity index (χ1) is 14.9. The Morgan fingerprint density at radius 3 is 2.65 bits per heavy atom. The summed E-state index contributed by atoms with van der Waals surface area (Å²) in [6.45, 7) is 10.4. The Bertz CT molecular complexity index is 1030. The van der Waals surface area contributed by atoms with Gasteiger partial charge in [-0.25, -0.2) is 14.6 Å². The van der Waals surface area contributed by atoms with Crippen LogP contribution in [0.4, 0.5) is 5.82 Å². The highest BCUT2D eigenvalue weighted by Gasteiger charge is 2.14. The van der Waals surface area contributed by atoms with E-state index in [0.717, 1.165) is 34.1 Å². The third-order valence-electron chi connectivity index (χ3n) is 4.34. The molecule has 31 heavy (non-hydrogen) atoms. The number of carbonyl (C=O) groups excluding carboxylic acids is 1. The molecular formula is C23H30N6OS. The first-order valence-corrected chi connectivity index (χ1v) is 11.5. The summed E-state index contributed by atoms with van der Waals surface area (Å²) in [6.07, 6.45) is 5.14. The van der Waals surface area contributed by atoms with E-state index in [1.807, 2.05) is 35.0 Å². The van der Waals surface area contributed by atoms with Crippen molar-refractivity contribution in [1.29, 1.82) is 0 Å². The highest BCUT2D eigenvalue weighted by atomic mass is 32.2. The van der Waals surface area contributed by atoms with Crippen LogP contribution >= 0.6 is 11.8 Å². The van der Waals surface area contributed by atoms with Crippen molar-refractivity contribution in [3.63, 3.8) is 0 Å². The van der Waals surface area contributed by atoms with E-state index in [9.17, 15) is 4.79 Å². The lowest BCUT2D eigenvalue weighted by atomic mass is 10.2. The number of anilines is 1. The molecule has 0 radical (unpaired) electrons. The highest BCUT2D eigenvalue weighted by Crippen LogP contribution is 2.26. The predicted molar refractivity (Wildman–Crippen MR) is 128 cm³/mol. The molecule has 0 unspecified atom stereocenters. The highest BCUT2D eigenvalue weighted by molar-refractivity contribution is 7.99. The summed E-state index contributed by atoms with van der Waals surface area (Å²) in [7, 11) is 0. The van der Waals surface area contributed by atoms with E-state index in [0.29, 0.717) is 24.3 Å². The number of benzene rings is 1. The topological polar surface area (TPSA) is 84.7 Å². The van der Waals surface area contributed by atoms with Crippen molar-refractivity contribution < 1.29 is 4.79 Å². The molecule has 3 rings (SSSR count). The molecule has 0 aliphatic carbocycles. The second kappa shape index (κ2) is 10.9. The zero-order chi connectivity index (χ0) is 22.2. The molecule has 8 heteroatoms. The first-order valence-electron chi connectivity index (χ1n) is 10.6. The fourth-order valence-electron chi connectivity index (χ4n) is 2.88. The standard InChI is InChI=1S/C23H30N6OS/c1-16(2)14-25-21-19-15-26-29(22(19)28-23(27-21)31-17(3)4)13-12-24-20(30)11-10-18-8-6-5-7-9-18/h5-11,15-17H,12-14H2,1-4H3,(H,24,30)(H,25,27,28)/b11-10-. The number of hydrogen-bond donors (Lipinski definition) is 2. The van der Waals surface area contributed by atoms with Crippen molar-refractivity contribution in [1.82, 2.24) is 25.1 Å². The van der Waals surface area contributed by atoms with Crippen molar-refractivity contribution in [2.75, 3.05) is 18.4 Å². The predicted octanol–water partition coefficient (Wildman–Crippen LogP) is 4.22. The summed E-state index contributed by atoms with van der Waals surface area (Å²) in [5, 5.41) is 12.8. The number of hydrogen-bond acceptors (Lipinski definition) is 6. The van der Waals surface area contributed by atoms with Crippen LogP contribution in [0, 0.1) is 5.92 Å². The van der Waals surface area contributed by atoms with Gasteiger partial charge in [0.1, 0.15) is 5.82 Å². The van der Waals surface area contributed by atoms with Crippen LogP contribution < -0.4 is 10.6 Å². The van der Waals surface area contributed by atoms with Crippen LogP contribution in [0.5, 0.6) is 0 Å². The summed E-state index contributed by atoms with van der Waals surface area (Å²) in [6, 6.07) is 9.75. The lowest BCUT2D eigenvalue weighted by Gasteiger charge is -2.12. The molecule has 1 aromatic carbocycles. The minimum absolute atomic E-state index is 0.134. The lowest BCUT2D eigenvalue weighted by molar-refractivity contribution is -0.116.